The van der Waals surface area contributed by atoms with Crippen molar-refractivity contribution >= 4 is 51.2 Å². The number of carbonyl (C=O) groups is 1. The van der Waals surface area contributed by atoms with Crippen molar-refractivity contribution in [2.75, 3.05) is 34.4 Å². The van der Waals surface area contributed by atoms with Crippen LogP contribution in [-0.4, -0.2) is 34.9 Å². The molecule has 0 spiro atoms. The van der Waals surface area contributed by atoms with Crippen molar-refractivity contribution in [1.29, 1.82) is 0 Å². The van der Waals surface area contributed by atoms with Crippen LogP contribution in [0.25, 0.3) is 0 Å². The van der Waals surface area contributed by atoms with Crippen molar-refractivity contribution in [2.45, 2.75) is 24.1 Å². The Morgan fingerprint density at radius 1 is 1.10 bits per heavy atom. The molecule has 2 N–H and O–H groups in total. The molecule has 1 aliphatic rings. The number of aryl methyl sites for hydroxylation is 1. The van der Waals surface area contributed by atoms with E-state index in [0.29, 0.717) is 5.75 Å². The number of carbonyl (C=O) groups excluding carboxylic acids is 1. The number of benzene rings is 2. The van der Waals surface area contributed by atoms with Crippen molar-refractivity contribution in [3.05, 3.63) is 54.1 Å². The van der Waals surface area contributed by atoms with E-state index in [0.717, 1.165) is 39.5 Å². The van der Waals surface area contributed by atoms with Crippen LogP contribution < -0.4 is 15.5 Å². The summed E-state index contributed by atoms with van der Waals surface area (Å²) in [7, 11) is 0. The molecule has 0 saturated carbocycles. The molecule has 6 nitrogen and oxygen atoms in total. The lowest BCUT2D eigenvalue weighted by Crippen LogP contribution is -2.18. The molecule has 3 aromatic rings. The second-order valence-corrected chi connectivity index (χ2v) is 9.09. The van der Waals surface area contributed by atoms with Gasteiger partial charge in [0.15, 0.2) is 4.34 Å². The molecule has 1 aromatic heterocycles. The minimum absolute atomic E-state index is 0.0486. The summed E-state index contributed by atoms with van der Waals surface area (Å²) in [6, 6.07) is 16.1. The molecule has 0 radical (unpaired) electrons. The van der Waals surface area contributed by atoms with E-state index in [1.165, 1.54) is 41.6 Å². The largest absolute Gasteiger partial charge is 0.372 e. The highest BCUT2D eigenvalue weighted by Crippen LogP contribution is 2.29. The summed E-state index contributed by atoms with van der Waals surface area (Å²) in [5.74, 6) is 0.250. The topological polar surface area (TPSA) is 70.1 Å². The number of amides is 1. The molecule has 1 aliphatic heterocycles. The Bertz CT molecular complexity index is 967. The summed E-state index contributed by atoms with van der Waals surface area (Å²) in [5, 5.41) is 15.3. The first kappa shape index (κ1) is 19.7. The average Bonchev–Trinajstić information content (AvgIpc) is 3.41. The molecular weight excluding hydrogens is 402 g/mol. The lowest BCUT2D eigenvalue weighted by atomic mass is 10.2. The fraction of sp³-hybridized carbons (Fsp3) is 0.286. The second kappa shape index (κ2) is 9.28. The number of anilines is 4. The second-order valence-electron chi connectivity index (χ2n) is 6.89. The summed E-state index contributed by atoms with van der Waals surface area (Å²) in [4.78, 5) is 14.6. The zero-order valence-corrected chi connectivity index (χ0v) is 17.9. The maximum absolute atomic E-state index is 12.3. The molecule has 2 aromatic carbocycles. The molecule has 1 fully saturated rings. The van der Waals surface area contributed by atoms with Crippen molar-refractivity contribution in [3.63, 3.8) is 0 Å². The molecule has 1 saturated heterocycles. The smallest absolute Gasteiger partial charge is 0.234 e. The summed E-state index contributed by atoms with van der Waals surface area (Å²) in [5.41, 5.74) is 4.19. The number of nitrogens with zero attached hydrogens (tertiary/aromatic N) is 3. The summed E-state index contributed by atoms with van der Waals surface area (Å²) in [6.07, 6.45) is 2.51. The maximum Gasteiger partial charge on any atom is 0.234 e. The number of thioether (sulfide) groups is 1. The minimum Gasteiger partial charge on any atom is -0.372 e. The Hall–Kier alpha value is -2.58. The van der Waals surface area contributed by atoms with Crippen molar-refractivity contribution in [2.24, 2.45) is 0 Å². The van der Waals surface area contributed by atoms with Gasteiger partial charge in [-0.1, -0.05) is 41.3 Å². The highest BCUT2D eigenvalue weighted by molar-refractivity contribution is 8.01. The van der Waals surface area contributed by atoms with Gasteiger partial charge < -0.3 is 15.5 Å². The van der Waals surface area contributed by atoms with Crippen LogP contribution in [0, 0.1) is 6.92 Å². The number of aromatic nitrogens is 2. The van der Waals surface area contributed by atoms with E-state index >= 15 is 0 Å². The van der Waals surface area contributed by atoms with Crippen LogP contribution in [0.4, 0.5) is 22.2 Å². The highest BCUT2D eigenvalue weighted by Gasteiger charge is 2.13. The van der Waals surface area contributed by atoms with Gasteiger partial charge in [0.1, 0.15) is 0 Å². The van der Waals surface area contributed by atoms with E-state index in [1.807, 2.05) is 43.3 Å². The molecule has 0 bridgehead atoms. The Morgan fingerprint density at radius 2 is 1.86 bits per heavy atom. The standard InChI is InChI=1S/C21H23N5OS2/c1-15-6-2-3-7-18(15)23-20-24-25-21(29-20)28-14-19(27)22-16-8-10-17(11-9-16)26-12-4-5-13-26/h2-3,6-11H,4-5,12-14H2,1H3,(H,22,27)(H,23,24). The molecule has 0 aliphatic carbocycles. The lowest BCUT2D eigenvalue weighted by Gasteiger charge is -2.17. The van der Waals surface area contributed by atoms with E-state index in [-0.39, 0.29) is 5.91 Å². The molecule has 2 heterocycles. The maximum atomic E-state index is 12.3. The van der Waals surface area contributed by atoms with Crippen LogP contribution in [0.3, 0.4) is 0 Å². The van der Waals surface area contributed by atoms with E-state index in [2.05, 4.69) is 37.9 Å². The first-order chi connectivity index (χ1) is 14.2. The Kier molecular flexibility index (Phi) is 6.31. The van der Waals surface area contributed by atoms with Crippen LogP contribution in [0.15, 0.2) is 52.9 Å². The van der Waals surface area contributed by atoms with E-state index in [4.69, 9.17) is 0 Å². The predicted molar refractivity (Wildman–Crippen MR) is 122 cm³/mol. The number of para-hydroxylation sites is 1. The molecule has 29 heavy (non-hydrogen) atoms. The number of nitrogens with one attached hydrogen (secondary N) is 2. The van der Waals surface area contributed by atoms with Gasteiger partial charge in [-0.2, -0.15) is 0 Å². The first-order valence-electron chi connectivity index (χ1n) is 9.61. The molecule has 1 amide bonds. The van der Waals surface area contributed by atoms with Crippen LogP contribution in [0.2, 0.25) is 0 Å². The number of hydrogen-bond acceptors (Lipinski definition) is 7. The van der Waals surface area contributed by atoms with Crippen LogP contribution in [0.5, 0.6) is 0 Å². The van der Waals surface area contributed by atoms with Crippen LogP contribution in [0.1, 0.15) is 18.4 Å². The molecule has 4 rings (SSSR count). The van der Waals surface area contributed by atoms with Gasteiger partial charge in [-0.25, -0.2) is 0 Å². The predicted octanol–water partition coefficient (Wildman–Crippen LogP) is 4.92. The third kappa shape index (κ3) is 5.27. The molecule has 0 unspecified atom stereocenters. The van der Waals surface area contributed by atoms with Crippen molar-refractivity contribution < 1.29 is 4.79 Å². The van der Waals surface area contributed by atoms with Gasteiger partial charge in [0.25, 0.3) is 0 Å². The summed E-state index contributed by atoms with van der Waals surface area (Å²) >= 11 is 2.84. The number of rotatable bonds is 7. The molecule has 150 valence electrons. The van der Waals surface area contributed by atoms with Gasteiger partial charge in [0, 0.05) is 30.2 Å². The zero-order valence-electron chi connectivity index (χ0n) is 16.2. The first-order valence-corrected chi connectivity index (χ1v) is 11.4. The van der Waals surface area contributed by atoms with Gasteiger partial charge in [-0.15, -0.1) is 10.2 Å². The van der Waals surface area contributed by atoms with E-state index in [1.54, 1.807) is 0 Å². The van der Waals surface area contributed by atoms with Crippen LogP contribution >= 0.6 is 23.1 Å². The van der Waals surface area contributed by atoms with Crippen molar-refractivity contribution in [1.82, 2.24) is 10.2 Å². The van der Waals surface area contributed by atoms with E-state index in [9.17, 15) is 4.79 Å². The molecule has 8 heteroatoms. The third-order valence-corrected chi connectivity index (χ3v) is 6.71. The van der Waals surface area contributed by atoms with Gasteiger partial charge in [0.05, 0.1) is 5.75 Å². The van der Waals surface area contributed by atoms with Gasteiger partial charge in [-0.3, -0.25) is 4.79 Å². The fourth-order valence-corrected chi connectivity index (χ4v) is 4.77. The quantitative estimate of drug-likeness (QED) is 0.524. The van der Waals surface area contributed by atoms with Gasteiger partial charge in [0.2, 0.25) is 11.0 Å². The Labute approximate surface area is 178 Å². The van der Waals surface area contributed by atoms with E-state index < -0.39 is 0 Å². The zero-order chi connectivity index (χ0) is 20.1. The monoisotopic (exact) mass is 425 g/mol. The molecule has 0 atom stereocenters. The summed E-state index contributed by atoms with van der Waals surface area (Å²) in [6.45, 7) is 4.27. The summed E-state index contributed by atoms with van der Waals surface area (Å²) < 4.78 is 0.764. The third-order valence-electron chi connectivity index (χ3n) is 4.74. The molecular formula is C21H23N5OS2. The Morgan fingerprint density at radius 3 is 2.62 bits per heavy atom. The van der Waals surface area contributed by atoms with Gasteiger partial charge in [-0.05, 0) is 55.7 Å². The normalized spacial score (nSPS) is 13.5. The van der Waals surface area contributed by atoms with Crippen molar-refractivity contribution in [3.8, 4) is 0 Å². The SMILES string of the molecule is Cc1ccccc1Nc1nnc(SCC(=O)Nc2ccc(N3CCCC3)cc2)s1. The Balaban J connectivity index is 1.26. The minimum atomic E-state index is -0.0486. The van der Waals surface area contributed by atoms with Gasteiger partial charge >= 0.3 is 0 Å². The lowest BCUT2D eigenvalue weighted by molar-refractivity contribution is -0.113. The van der Waals surface area contributed by atoms with Crippen LogP contribution in [-0.2, 0) is 4.79 Å². The average molecular weight is 426 g/mol. The number of hydrogen-bond donors (Lipinski definition) is 2. The highest BCUT2D eigenvalue weighted by atomic mass is 32.2. The fourth-order valence-electron chi connectivity index (χ4n) is 3.20.